The molecule has 0 spiro atoms. The van der Waals surface area contributed by atoms with Gasteiger partial charge in [-0.25, -0.2) is 8.42 Å². The molecule has 1 saturated heterocycles. The van der Waals surface area contributed by atoms with Crippen molar-refractivity contribution in [1.29, 1.82) is 0 Å². The summed E-state index contributed by atoms with van der Waals surface area (Å²) in [5.41, 5.74) is -1.22. The Hall–Kier alpha value is -2.70. The van der Waals surface area contributed by atoms with Gasteiger partial charge in [0, 0.05) is 31.0 Å². The van der Waals surface area contributed by atoms with E-state index in [0.717, 1.165) is 6.07 Å². The molecule has 2 heterocycles. The molecule has 0 aliphatic carbocycles. The van der Waals surface area contributed by atoms with E-state index in [9.17, 15) is 31.2 Å². The molecular formula is C19H20F3N3O5S. The minimum atomic E-state index is -4.66. The molecule has 0 saturated carbocycles. The highest BCUT2D eigenvalue weighted by molar-refractivity contribution is 7.89. The minimum absolute atomic E-state index is 0.00318. The third-order valence-electron chi connectivity index (χ3n) is 4.68. The first kappa shape index (κ1) is 23.0. The van der Waals surface area contributed by atoms with Gasteiger partial charge in [-0.3, -0.25) is 9.59 Å². The number of amides is 1. The third-order valence-corrected chi connectivity index (χ3v) is 6.73. The number of nitrogens with zero attached hydrogens (tertiary/aromatic N) is 2. The smallest absolute Gasteiger partial charge is 0.379 e. The van der Waals surface area contributed by atoms with Crippen molar-refractivity contribution in [3.8, 4) is 0 Å². The second-order valence-corrected chi connectivity index (χ2v) is 8.83. The first-order valence-electron chi connectivity index (χ1n) is 9.24. The van der Waals surface area contributed by atoms with Gasteiger partial charge in [-0.05, 0) is 30.7 Å². The van der Waals surface area contributed by atoms with Gasteiger partial charge in [0.15, 0.2) is 0 Å². The molecule has 1 aliphatic heterocycles. The van der Waals surface area contributed by atoms with E-state index in [2.05, 4.69) is 5.32 Å². The van der Waals surface area contributed by atoms with Gasteiger partial charge in [-0.15, -0.1) is 0 Å². The summed E-state index contributed by atoms with van der Waals surface area (Å²) in [6, 6.07) is 5.64. The van der Waals surface area contributed by atoms with Gasteiger partial charge in [0.2, 0.25) is 15.9 Å². The molecule has 1 aliphatic rings. The number of anilines is 1. The second-order valence-electron chi connectivity index (χ2n) is 6.93. The summed E-state index contributed by atoms with van der Waals surface area (Å²) < 4.78 is 71.5. The average molecular weight is 459 g/mol. The van der Waals surface area contributed by atoms with E-state index in [0.29, 0.717) is 22.4 Å². The lowest BCUT2D eigenvalue weighted by Gasteiger charge is -2.26. The van der Waals surface area contributed by atoms with Crippen LogP contribution in [0.1, 0.15) is 11.1 Å². The van der Waals surface area contributed by atoms with Gasteiger partial charge in [-0.1, -0.05) is 6.07 Å². The molecule has 1 aromatic carbocycles. The number of hydrogen-bond donors (Lipinski definition) is 1. The van der Waals surface area contributed by atoms with Crippen LogP contribution in [0, 0.1) is 6.92 Å². The molecule has 1 aromatic heterocycles. The Kier molecular flexibility index (Phi) is 6.53. The molecule has 0 radical (unpaired) electrons. The summed E-state index contributed by atoms with van der Waals surface area (Å²) in [6.45, 7) is 1.91. The third kappa shape index (κ3) is 5.32. The van der Waals surface area contributed by atoms with Crippen molar-refractivity contribution in [1.82, 2.24) is 8.87 Å². The fraction of sp³-hybridized carbons (Fsp3) is 0.368. The van der Waals surface area contributed by atoms with Crippen LogP contribution in [0.15, 0.2) is 46.2 Å². The van der Waals surface area contributed by atoms with E-state index < -0.39 is 39.8 Å². The molecule has 168 valence electrons. The molecular weight excluding hydrogens is 439 g/mol. The molecule has 2 aromatic rings. The number of morpholine rings is 1. The lowest BCUT2D eigenvalue weighted by Crippen LogP contribution is -2.40. The predicted octanol–water partition coefficient (Wildman–Crippen LogP) is 1.84. The van der Waals surface area contributed by atoms with E-state index in [4.69, 9.17) is 4.74 Å². The van der Waals surface area contributed by atoms with Crippen molar-refractivity contribution >= 4 is 21.6 Å². The number of benzene rings is 1. The monoisotopic (exact) mass is 459 g/mol. The van der Waals surface area contributed by atoms with Crippen molar-refractivity contribution < 1.29 is 31.1 Å². The fourth-order valence-corrected chi connectivity index (χ4v) is 4.72. The standard InChI is InChI=1S/C19H20F3N3O5S/c1-13-2-4-15(10-16(13)31(28,29)25-6-8-30-9-7-25)23-17(26)12-24-11-14(19(20,21)22)3-5-18(24)27/h2-5,10-11H,6-9,12H2,1H3,(H,23,26). The van der Waals surface area contributed by atoms with Gasteiger partial charge >= 0.3 is 6.18 Å². The van der Waals surface area contributed by atoms with Gasteiger partial charge in [0.1, 0.15) is 6.54 Å². The Labute approximate surface area is 176 Å². The van der Waals surface area contributed by atoms with Gasteiger partial charge in [-0.2, -0.15) is 17.5 Å². The van der Waals surface area contributed by atoms with Crippen molar-refractivity contribution in [2.75, 3.05) is 31.6 Å². The number of nitrogens with one attached hydrogen (secondary N) is 1. The zero-order valence-electron chi connectivity index (χ0n) is 16.5. The molecule has 1 amide bonds. The number of halogens is 3. The number of rotatable bonds is 5. The topological polar surface area (TPSA) is 97.7 Å². The lowest BCUT2D eigenvalue weighted by atomic mass is 10.2. The Balaban J connectivity index is 1.80. The quantitative estimate of drug-likeness (QED) is 0.736. The van der Waals surface area contributed by atoms with E-state index in [1.165, 1.54) is 22.5 Å². The Morgan fingerprint density at radius 2 is 1.84 bits per heavy atom. The normalized spacial score (nSPS) is 15.6. The van der Waals surface area contributed by atoms with E-state index >= 15 is 0 Å². The summed E-state index contributed by atoms with van der Waals surface area (Å²) in [7, 11) is -3.82. The number of carbonyl (C=O) groups excluding carboxylic acids is 1. The lowest BCUT2D eigenvalue weighted by molar-refractivity contribution is -0.138. The highest BCUT2D eigenvalue weighted by Crippen LogP contribution is 2.28. The van der Waals surface area contributed by atoms with Crippen LogP contribution >= 0.6 is 0 Å². The number of aromatic nitrogens is 1. The number of pyridine rings is 1. The van der Waals surface area contributed by atoms with E-state index in [1.807, 2.05) is 0 Å². The Morgan fingerprint density at radius 1 is 1.16 bits per heavy atom. The van der Waals surface area contributed by atoms with Gasteiger partial charge in [0.25, 0.3) is 5.56 Å². The van der Waals surface area contributed by atoms with E-state index in [-0.39, 0.29) is 36.9 Å². The highest BCUT2D eigenvalue weighted by Gasteiger charge is 2.31. The molecule has 0 unspecified atom stereocenters. The molecule has 1 N–H and O–H groups in total. The average Bonchev–Trinajstić information content (AvgIpc) is 2.70. The van der Waals surface area contributed by atoms with Crippen LogP contribution in [0.5, 0.6) is 0 Å². The maximum atomic E-state index is 12.9. The van der Waals surface area contributed by atoms with Gasteiger partial charge < -0.3 is 14.6 Å². The summed E-state index contributed by atoms with van der Waals surface area (Å²) >= 11 is 0. The largest absolute Gasteiger partial charge is 0.417 e. The molecule has 3 rings (SSSR count). The Bertz CT molecular complexity index is 1140. The maximum absolute atomic E-state index is 12.9. The summed E-state index contributed by atoms with van der Waals surface area (Å²) in [6.07, 6.45) is -4.10. The summed E-state index contributed by atoms with van der Waals surface area (Å²) in [5, 5.41) is 2.43. The summed E-state index contributed by atoms with van der Waals surface area (Å²) in [5.74, 6) is -0.778. The molecule has 0 atom stereocenters. The van der Waals surface area contributed by atoms with E-state index in [1.54, 1.807) is 6.92 Å². The highest BCUT2D eigenvalue weighted by atomic mass is 32.2. The maximum Gasteiger partial charge on any atom is 0.417 e. The number of alkyl halides is 3. The predicted molar refractivity (Wildman–Crippen MR) is 105 cm³/mol. The molecule has 0 bridgehead atoms. The molecule has 12 heteroatoms. The number of aryl methyl sites for hydroxylation is 1. The van der Waals surface area contributed by atoms with Crippen LogP contribution in [-0.4, -0.2) is 49.5 Å². The number of sulfonamides is 1. The van der Waals surface area contributed by atoms with Crippen LogP contribution in [0.25, 0.3) is 0 Å². The number of ether oxygens (including phenoxy) is 1. The first-order valence-corrected chi connectivity index (χ1v) is 10.7. The van der Waals surface area contributed by atoms with Crippen molar-refractivity contribution in [2.45, 2.75) is 24.5 Å². The molecule has 1 fully saturated rings. The van der Waals surface area contributed by atoms with Gasteiger partial charge in [0.05, 0.1) is 23.7 Å². The van der Waals surface area contributed by atoms with Crippen LogP contribution in [0.2, 0.25) is 0 Å². The van der Waals surface area contributed by atoms with Crippen LogP contribution in [0.3, 0.4) is 0 Å². The second kappa shape index (κ2) is 8.81. The number of carbonyl (C=O) groups is 1. The fourth-order valence-electron chi connectivity index (χ4n) is 3.06. The van der Waals surface area contributed by atoms with Crippen LogP contribution < -0.4 is 10.9 Å². The van der Waals surface area contributed by atoms with Crippen molar-refractivity contribution in [3.63, 3.8) is 0 Å². The van der Waals surface area contributed by atoms with Crippen molar-refractivity contribution in [3.05, 3.63) is 58.0 Å². The summed E-state index contributed by atoms with van der Waals surface area (Å²) in [4.78, 5) is 24.1. The molecule has 31 heavy (non-hydrogen) atoms. The zero-order valence-corrected chi connectivity index (χ0v) is 17.3. The van der Waals surface area contributed by atoms with Crippen molar-refractivity contribution in [2.24, 2.45) is 0 Å². The van der Waals surface area contributed by atoms with Crippen LogP contribution in [-0.2, 0) is 32.3 Å². The zero-order chi connectivity index (χ0) is 22.8. The minimum Gasteiger partial charge on any atom is -0.379 e. The number of hydrogen-bond acceptors (Lipinski definition) is 5. The Morgan fingerprint density at radius 3 is 2.48 bits per heavy atom. The molecule has 8 nitrogen and oxygen atoms in total. The SMILES string of the molecule is Cc1ccc(NC(=O)Cn2cc(C(F)(F)F)ccc2=O)cc1S(=O)(=O)N1CCOCC1. The van der Waals surface area contributed by atoms with Crippen LogP contribution in [0.4, 0.5) is 18.9 Å². The first-order chi connectivity index (χ1) is 14.5.